The number of phenolic OH excluding ortho intramolecular Hbond substituents is 2. The third kappa shape index (κ3) is 2.47. The number of hydrogen-bond donors (Lipinski definition) is 2. The third-order valence-electron chi connectivity index (χ3n) is 5.86. The molecule has 5 nitrogen and oxygen atoms in total. The number of fused-ring (bicyclic) bond motifs is 2. The van der Waals surface area contributed by atoms with Crippen molar-refractivity contribution in [3.8, 4) is 34.1 Å². The van der Waals surface area contributed by atoms with E-state index in [0.29, 0.717) is 22.6 Å². The maximum Gasteiger partial charge on any atom is 0.166 e. The molecule has 0 saturated carbocycles. The highest BCUT2D eigenvalue weighted by atomic mass is 79.9. The van der Waals surface area contributed by atoms with Crippen LogP contribution in [0.25, 0.3) is 11.1 Å². The second-order valence-corrected chi connectivity index (χ2v) is 7.50. The molecule has 0 aromatic heterocycles. The molecule has 140 valence electrons. The van der Waals surface area contributed by atoms with E-state index in [9.17, 15) is 10.2 Å². The van der Waals surface area contributed by atoms with Crippen LogP contribution in [0.1, 0.15) is 22.7 Å². The van der Waals surface area contributed by atoms with Crippen LogP contribution in [0.5, 0.6) is 23.0 Å². The van der Waals surface area contributed by atoms with Gasteiger partial charge in [0, 0.05) is 29.5 Å². The Bertz CT molecular complexity index is 879. The van der Waals surface area contributed by atoms with Crippen LogP contribution in [-0.2, 0) is 12.8 Å². The first-order chi connectivity index (χ1) is 11.9. The molecule has 0 spiro atoms. The van der Waals surface area contributed by atoms with Gasteiger partial charge in [0.1, 0.15) is 6.04 Å². The summed E-state index contributed by atoms with van der Waals surface area (Å²) in [6.45, 7) is 1.03. The number of quaternary nitrogens is 1. The van der Waals surface area contributed by atoms with Crippen LogP contribution in [0.4, 0.5) is 0 Å². The van der Waals surface area contributed by atoms with Gasteiger partial charge in [0.25, 0.3) is 0 Å². The van der Waals surface area contributed by atoms with Crippen molar-refractivity contribution < 1.29 is 41.2 Å². The molecule has 4 rings (SSSR count). The van der Waals surface area contributed by atoms with Crippen molar-refractivity contribution in [2.75, 3.05) is 34.9 Å². The molecular formula is C20H24BrNO4. The number of aromatic hydroxyl groups is 2. The fraction of sp³-hybridized carbons (Fsp3) is 0.400. The molecule has 1 aliphatic carbocycles. The Morgan fingerprint density at radius 2 is 1.62 bits per heavy atom. The van der Waals surface area contributed by atoms with E-state index in [0.717, 1.165) is 35.0 Å². The topological polar surface area (TPSA) is 58.9 Å². The van der Waals surface area contributed by atoms with Crippen molar-refractivity contribution in [1.82, 2.24) is 0 Å². The Balaban J connectivity index is 0.00000196. The highest BCUT2D eigenvalue weighted by Crippen LogP contribution is 2.56. The molecule has 2 aliphatic rings. The number of hydrogen-bond acceptors (Lipinski definition) is 4. The Labute approximate surface area is 164 Å². The van der Waals surface area contributed by atoms with Crippen LogP contribution < -0.4 is 26.5 Å². The number of nitrogens with zero attached hydrogens (tertiary/aromatic N) is 1. The number of rotatable bonds is 2. The summed E-state index contributed by atoms with van der Waals surface area (Å²) in [6, 6.07) is 5.98. The van der Waals surface area contributed by atoms with Gasteiger partial charge in [-0.05, 0) is 23.3 Å². The Morgan fingerprint density at radius 3 is 2.27 bits per heavy atom. The molecule has 2 aromatic carbocycles. The first-order valence-corrected chi connectivity index (χ1v) is 8.53. The lowest BCUT2D eigenvalue weighted by atomic mass is 9.75. The molecule has 26 heavy (non-hydrogen) atoms. The maximum atomic E-state index is 10.9. The molecule has 6 heteroatoms. The van der Waals surface area contributed by atoms with Gasteiger partial charge in [0.15, 0.2) is 23.0 Å². The molecule has 0 unspecified atom stereocenters. The summed E-state index contributed by atoms with van der Waals surface area (Å²) in [5.41, 5.74) is 4.72. The third-order valence-corrected chi connectivity index (χ3v) is 5.86. The lowest BCUT2D eigenvalue weighted by Gasteiger charge is -2.46. The van der Waals surface area contributed by atoms with Crippen LogP contribution in [0.2, 0.25) is 0 Å². The minimum Gasteiger partial charge on any atom is -1.00 e. The van der Waals surface area contributed by atoms with Gasteiger partial charge >= 0.3 is 0 Å². The fourth-order valence-electron chi connectivity index (χ4n) is 4.41. The predicted octanol–water partition coefficient (Wildman–Crippen LogP) is 0.0157. The lowest BCUT2D eigenvalue weighted by molar-refractivity contribution is -0.923. The molecule has 1 heterocycles. The van der Waals surface area contributed by atoms with Gasteiger partial charge in [-0.3, -0.25) is 0 Å². The van der Waals surface area contributed by atoms with Gasteiger partial charge in [-0.15, -0.1) is 0 Å². The molecule has 0 amide bonds. The van der Waals surface area contributed by atoms with Gasteiger partial charge in [-0.25, -0.2) is 0 Å². The van der Waals surface area contributed by atoms with E-state index in [4.69, 9.17) is 9.47 Å². The van der Waals surface area contributed by atoms with E-state index in [2.05, 4.69) is 14.1 Å². The minimum atomic E-state index is 0. The van der Waals surface area contributed by atoms with Gasteiger partial charge in [0.05, 0.1) is 34.9 Å². The Hall–Kier alpha value is -1.92. The van der Waals surface area contributed by atoms with Crippen molar-refractivity contribution in [3.05, 3.63) is 34.9 Å². The Kier molecular flexibility index (Phi) is 4.61. The average molecular weight is 422 g/mol. The van der Waals surface area contributed by atoms with Crippen LogP contribution in [-0.4, -0.2) is 49.6 Å². The zero-order valence-electron chi connectivity index (χ0n) is 15.5. The summed E-state index contributed by atoms with van der Waals surface area (Å²) >= 11 is 0. The minimum absolute atomic E-state index is 0. The summed E-state index contributed by atoms with van der Waals surface area (Å²) in [4.78, 5) is 0. The standard InChI is InChI=1S/C20H23NO4.BrH/c1-21(2)8-7-12-10-15(25-4)20(23)18-16(12)13(21)9-11-5-6-14(24-3)19(22)17(11)18;/h5-6,10,13H,7-9H2,1-4H3,(H-,22,23);1H/t13-;/m0./s1. The Morgan fingerprint density at radius 1 is 0.962 bits per heavy atom. The molecule has 0 saturated heterocycles. The summed E-state index contributed by atoms with van der Waals surface area (Å²) in [5.74, 6) is 1.05. The fourth-order valence-corrected chi connectivity index (χ4v) is 4.41. The van der Waals surface area contributed by atoms with Crippen LogP contribution >= 0.6 is 0 Å². The van der Waals surface area contributed by atoms with E-state index in [-0.39, 0.29) is 34.5 Å². The smallest absolute Gasteiger partial charge is 0.166 e. The van der Waals surface area contributed by atoms with Crippen LogP contribution in [0.15, 0.2) is 18.2 Å². The van der Waals surface area contributed by atoms with E-state index in [1.165, 1.54) is 12.7 Å². The number of ether oxygens (including phenoxy) is 2. The molecule has 0 fully saturated rings. The summed E-state index contributed by atoms with van der Waals surface area (Å²) in [7, 11) is 7.55. The molecule has 0 radical (unpaired) electrons. The van der Waals surface area contributed by atoms with Gasteiger partial charge in [-0.2, -0.15) is 0 Å². The number of benzene rings is 2. The predicted molar refractivity (Wildman–Crippen MR) is 95.4 cm³/mol. The number of phenols is 2. The SMILES string of the molecule is COc1ccc2c(c1O)-c1c(O)c(OC)cc3c1[C@H](C2)[N+](C)(C)CC3.[Br-]. The van der Waals surface area contributed by atoms with Gasteiger partial charge in [-0.1, -0.05) is 6.07 Å². The second kappa shape index (κ2) is 6.35. The summed E-state index contributed by atoms with van der Waals surface area (Å²) in [6.07, 6.45) is 1.74. The maximum absolute atomic E-state index is 10.9. The number of methoxy groups -OCH3 is 2. The van der Waals surface area contributed by atoms with Crippen molar-refractivity contribution in [2.24, 2.45) is 0 Å². The quantitative estimate of drug-likeness (QED) is 0.670. The zero-order valence-corrected chi connectivity index (χ0v) is 17.1. The summed E-state index contributed by atoms with van der Waals surface area (Å²) in [5, 5.41) is 21.7. The highest BCUT2D eigenvalue weighted by Gasteiger charge is 2.44. The van der Waals surface area contributed by atoms with Crippen molar-refractivity contribution >= 4 is 0 Å². The number of halogens is 1. The lowest BCUT2D eigenvalue weighted by Crippen LogP contribution is -3.00. The molecule has 0 bridgehead atoms. The van der Waals surface area contributed by atoms with E-state index in [1.54, 1.807) is 13.2 Å². The normalized spacial score (nSPS) is 19.0. The molecule has 2 N–H and O–H groups in total. The molecule has 1 atom stereocenters. The van der Waals surface area contributed by atoms with Crippen molar-refractivity contribution in [2.45, 2.75) is 18.9 Å². The zero-order chi connectivity index (χ0) is 17.9. The largest absolute Gasteiger partial charge is 1.00 e. The highest BCUT2D eigenvalue weighted by molar-refractivity contribution is 5.87. The van der Waals surface area contributed by atoms with Crippen molar-refractivity contribution in [1.29, 1.82) is 0 Å². The molecule has 2 aromatic rings. The molecular weight excluding hydrogens is 398 g/mol. The molecule has 1 aliphatic heterocycles. The van der Waals surface area contributed by atoms with Crippen LogP contribution in [0, 0.1) is 0 Å². The van der Waals surface area contributed by atoms with E-state index in [1.807, 2.05) is 12.1 Å². The second-order valence-electron chi connectivity index (χ2n) is 7.50. The van der Waals surface area contributed by atoms with Crippen LogP contribution in [0.3, 0.4) is 0 Å². The van der Waals surface area contributed by atoms with E-state index >= 15 is 0 Å². The first kappa shape index (κ1) is 18.9. The van der Waals surface area contributed by atoms with Crippen molar-refractivity contribution in [3.63, 3.8) is 0 Å². The monoisotopic (exact) mass is 421 g/mol. The van der Waals surface area contributed by atoms with E-state index < -0.39 is 0 Å². The number of likely N-dealkylation sites (N-methyl/N-ethyl adjacent to an activating group) is 1. The first-order valence-electron chi connectivity index (χ1n) is 8.53. The average Bonchev–Trinajstić information content (AvgIpc) is 2.59. The van der Waals surface area contributed by atoms with Gasteiger partial charge in [0.2, 0.25) is 0 Å². The summed E-state index contributed by atoms with van der Waals surface area (Å²) < 4.78 is 11.6. The van der Waals surface area contributed by atoms with Gasteiger partial charge < -0.3 is 41.2 Å².